The first kappa shape index (κ1) is 15.5. The fourth-order valence-electron chi connectivity index (χ4n) is 4.06. The van der Waals surface area contributed by atoms with Crippen LogP contribution in [0.5, 0.6) is 0 Å². The first-order valence-electron chi connectivity index (χ1n) is 9.12. The Kier molecular flexibility index (Phi) is 3.77. The van der Waals surface area contributed by atoms with Crippen LogP contribution in [0.2, 0.25) is 0 Å². The zero-order valence-corrected chi connectivity index (χ0v) is 15.1. The molecule has 4 rings (SSSR count). The van der Waals surface area contributed by atoms with Gasteiger partial charge in [0.2, 0.25) is 0 Å². The fourth-order valence-corrected chi connectivity index (χ4v) is 4.06. The third-order valence-electron chi connectivity index (χ3n) is 5.28. The predicted molar refractivity (Wildman–Crippen MR) is 93.3 cm³/mol. The predicted octanol–water partition coefficient (Wildman–Crippen LogP) is 2.96. The molecule has 0 fully saturated rings. The Bertz CT molecular complexity index is 763. The van der Waals surface area contributed by atoms with E-state index in [0.29, 0.717) is 5.92 Å². The number of aryl methyl sites for hydroxylation is 2. The van der Waals surface area contributed by atoms with Crippen molar-refractivity contribution in [3.63, 3.8) is 0 Å². The van der Waals surface area contributed by atoms with Crippen molar-refractivity contribution in [1.82, 2.24) is 24.7 Å². The molecule has 0 saturated heterocycles. The van der Waals surface area contributed by atoms with Crippen molar-refractivity contribution < 1.29 is 0 Å². The van der Waals surface area contributed by atoms with E-state index >= 15 is 0 Å². The van der Waals surface area contributed by atoms with Gasteiger partial charge < -0.3 is 9.47 Å². The monoisotopic (exact) mass is 326 g/mol. The van der Waals surface area contributed by atoms with E-state index in [9.17, 15) is 0 Å². The van der Waals surface area contributed by atoms with Crippen molar-refractivity contribution in [2.45, 2.75) is 71.9 Å². The molecule has 0 radical (unpaired) electrons. The van der Waals surface area contributed by atoms with Gasteiger partial charge in [-0.15, -0.1) is 10.2 Å². The van der Waals surface area contributed by atoms with Crippen LogP contribution in [-0.2, 0) is 19.4 Å². The van der Waals surface area contributed by atoms with E-state index in [1.807, 2.05) is 6.92 Å². The third-order valence-corrected chi connectivity index (χ3v) is 5.28. The molecule has 128 valence electrons. The van der Waals surface area contributed by atoms with E-state index < -0.39 is 0 Å². The lowest BCUT2D eigenvalue weighted by Crippen LogP contribution is -2.39. The number of anilines is 1. The molecule has 0 amide bonds. The molecule has 2 aromatic rings. The van der Waals surface area contributed by atoms with Gasteiger partial charge in [-0.3, -0.25) is 0 Å². The minimum Gasteiger partial charge on any atom is -0.344 e. The zero-order valence-electron chi connectivity index (χ0n) is 15.1. The summed E-state index contributed by atoms with van der Waals surface area (Å²) >= 11 is 0. The van der Waals surface area contributed by atoms with Crippen LogP contribution in [-0.4, -0.2) is 31.3 Å². The zero-order chi connectivity index (χ0) is 16.8. The molecule has 1 atom stereocenters. The molecule has 6 heteroatoms. The smallest absolute Gasteiger partial charge is 0.155 e. The minimum absolute atomic E-state index is 0.194. The maximum Gasteiger partial charge on any atom is 0.155 e. The molecule has 3 heterocycles. The van der Waals surface area contributed by atoms with Crippen LogP contribution in [0, 0.1) is 6.92 Å². The molecule has 0 spiro atoms. The van der Waals surface area contributed by atoms with Gasteiger partial charge in [-0.2, -0.15) is 0 Å². The maximum atomic E-state index is 4.83. The Balaban J connectivity index is 1.75. The molecule has 6 nitrogen and oxygen atoms in total. The standard InChI is InChI=1S/C18H26N6/c1-11(2)16-21-22-17-12(3)23(9-10-24(16)17)18-14-7-5-6-8-15(14)19-13(4)20-18/h11-12H,5-10H2,1-4H3. The van der Waals surface area contributed by atoms with Gasteiger partial charge in [-0.1, -0.05) is 13.8 Å². The van der Waals surface area contributed by atoms with Gasteiger partial charge in [0.15, 0.2) is 5.82 Å². The number of rotatable bonds is 2. The van der Waals surface area contributed by atoms with Gasteiger partial charge in [-0.05, 0) is 39.5 Å². The van der Waals surface area contributed by atoms with Gasteiger partial charge in [0, 0.05) is 30.3 Å². The molecule has 2 aliphatic rings. The Morgan fingerprint density at radius 3 is 2.62 bits per heavy atom. The van der Waals surface area contributed by atoms with Gasteiger partial charge in [0.1, 0.15) is 17.5 Å². The SMILES string of the molecule is Cc1nc2c(c(N3CCn4c(C(C)C)nnc4C3C)n1)CCCC2. The second-order valence-corrected chi connectivity index (χ2v) is 7.32. The summed E-state index contributed by atoms with van der Waals surface area (Å²) in [7, 11) is 0. The summed E-state index contributed by atoms with van der Waals surface area (Å²) in [6, 6.07) is 0.194. The molecular formula is C18H26N6. The molecule has 1 aliphatic carbocycles. The Labute approximate surface area is 143 Å². The number of fused-ring (bicyclic) bond motifs is 2. The lowest BCUT2D eigenvalue weighted by molar-refractivity contribution is 0.473. The van der Waals surface area contributed by atoms with Crippen molar-refractivity contribution in [1.29, 1.82) is 0 Å². The number of nitrogens with zero attached hydrogens (tertiary/aromatic N) is 6. The highest BCUT2D eigenvalue weighted by molar-refractivity contribution is 5.52. The Morgan fingerprint density at radius 1 is 1.04 bits per heavy atom. The van der Waals surface area contributed by atoms with Crippen LogP contribution in [0.1, 0.15) is 74.3 Å². The highest BCUT2D eigenvalue weighted by Crippen LogP contribution is 2.35. The average Bonchev–Trinajstić information content (AvgIpc) is 2.99. The lowest BCUT2D eigenvalue weighted by Gasteiger charge is -2.37. The molecule has 2 aromatic heterocycles. The van der Waals surface area contributed by atoms with Gasteiger partial charge >= 0.3 is 0 Å². The molecule has 24 heavy (non-hydrogen) atoms. The van der Waals surface area contributed by atoms with E-state index in [-0.39, 0.29) is 6.04 Å². The summed E-state index contributed by atoms with van der Waals surface area (Å²) in [6.07, 6.45) is 4.66. The Morgan fingerprint density at radius 2 is 1.83 bits per heavy atom. The quantitative estimate of drug-likeness (QED) is 0.849. The van der Waals surface area contributed by atoms with Crippen molar-refractivity contribution in [2.75, 3.05) is 11.4 Å². The number of hydrogen-bond acceptors (Lipinski definition) is 5. The average molecular weight is 326 g/mol. The molecule has 1 unspecified atom stereocenters. The van der Waals surface area contributed by atoms with Gasteiger partial charge in [0.25, 0.3) is 0 Å². The van der Waals surface area contributed by atoms with Crippen LogP contribution in [0.3, 0.4) is 0 Å². The molecule has 0 N–H and O–H groups in total. The highest BCUT2D eigenvalue weighted by Gasteiger charge is 2.32. The topological polar surface area (TPSA) is 59.7 Å². The van der Waals surface area contributed by atoms with E-state index in [4.69, 9.17) is 9.97 Å². The van der Waals surface area contributed by atoms with Gasteiger partial charge in [0.05, 0.1) is 6.04 Å². The maximum absolute atomic E-state index is 4.83. The Hall–Kier alpha value is -1.98. The van der Waals surface area contributed by atoms with Crippen molar-refractivity contribution in [3.8, 4) is 0 Å². The van der Waals surface area contributed by atoms with E-state index in [0.717, 1.165) is 49.2 Å². The number of hydrogen-bond donors (Lipinski definition) is 0. The second kappa shape index (κ2) is 5.83. The number of aromatic nitrogens is 5. The van der Waals surface area contributed by atoms with Crippen molar-refractivity contribution in [3.05, 3.63) is 28.7 Å². The van der Waals surface area contributed by atoms with Crippen LogP contribution < -0.4 is 4.90 Å². The first-order valence-corrected chi connectivity index (χ1v) is 9.12. The van der Waals surface area contributed by atoms with E-state index in [2.05, 4.69) is 40.4 Å². The van der Waals surface area contributed by atoms with Crippen LogP contribution in [0.4, 0.5) is 5.82 Å². The summed E-state index contributed by atoms with van der Waals surface area (Å²) in [5, 5.41) is 8.93. The normalized spacial score (nSPS) is 20.2. The second-order valence-electron chi connectivity index (χ2n) is 7.32. The lowest BCUT2D eigenvalue weighted by atomic mass is 9.95. The first-order chi connectivity index (χ1) is 11.6. The highest BCUT2D eigenvalue weighted by atomic mass is 15.4. The largest absolute Gasteiger partial charge is 0.344 e. The van der Waals surface area contributed by atoms with Gasteiger partial charge in [-0.25, -0.2) is 9.97 Å². The molecule has 1 aliphatic heterocycles. The molecule has 0 bridgehead atoms. The summed E-state index contributed by atoms with van der Waals surface area (Å²) in [5.41, 5.74) is 2.61. The van der Waals surface area contributed by atoms with Crippen molar-refractivity contribution in [2.24, 2.45) is 0 Å². The van der Waals surface area contributed by atoms with Crippen LogP contribution >= 0.6 is 0 Å². The molecular weight excluding hydrogens is 300 g/mol. The summed E-state index contributed by atoms with van der Waals surface area (Å²) in [5.74, 6) is 4.57. The summed E-state index contributed by atoms with van der Waals surface area (Å²) in [6.45, 7) is 10.5. The molecule has 0 aromatic carbocycles. The summed E-state index contributed by atoms with van der Waals surface area (Å²) < 4.78 is 2.30. The third kappa shape index (κ3) is 2.39. The van der Waals surface area contributed by atoms with E-state index in [1.165, 1.54) is 24.1 Å². The minimum atomic E-state index is 0.194. The van der Waals surface area contributed by atoms with Crippen LogP contribution in [0.15, 0.2) is 0 Å². The fraction of sp³-hybridized carbons (Fsp3) is 0.667. The van der Waals surface area contributed by atoms with Crippen LogP contribution in [0.25, 0.3) is 0 Å². The molecule has 0 saturated carbocycles. The van der Waals surface area contributed by atoms with E-state index in [1.54, 1.807) is 0 Å². The van der Waals surface area contributed by atoms with Crippen molar-refractivity contribution >= 4 is 5.82 Å². The summed E-state index contributed by atoms with van der Waals surface area (Å²) in [4.78, 5) is 11.9.